The number of aliphatic imine (C=N–C) groups is 1. The van der Waals surface area contributed by atoms with Crippen molar-refractivity contribution >= 4 is 23.2 Å². The number of nitrogens with zero attached hydrogens (tertiary/aromatic N) is 4. The molecule has 0 spiro atoms. The third-order valence-corrected chi connectivity index (χ3v) is 4.39. The molecule has 0 aliphatic carbocycles. The van der Waals surface area contributed by atoms with Crippen molar-refractivity contribution in [2.45, 2.75) is 13.5 Å². The number of rotatable bonds is 3. The molecule has 0 radical (unpaired) electrons. The van der Waals surface area contributed by atoms with Crippen LogP contribution in [0.25, 0.3) is 0 Å². The lowest BCUT2D eigenvalue weighted by Gasteiger charge is -2.36. The Kier molecular flexibility index (Phi) is 4.71. The standard InChI is InChI=1S/C16H21ClN6/c1-12-13(11-20-21-12)10-19-16(18)23-8-6-22(7-9-23)15-4-2-14(17)3-5-15/h2-5,11H,6-10H2,1H3,(H2,18,19)(H,20,21). The molecule has 1 aliphatic rings. The van der Waals surface area contributed by atoms with Crippen molar-refractivity contribution in [1.82, 2.24) is 15.1 Å². The van der Waals surface area contributed by atoms with Gasteiger partial charge in [-0.25, -0.2) is 4.99 Å². The molecule has 1 aromatic heterocycles. The van der Waals surface area contributed by atoms with Crippen LogP contribution >= 0.6 is 11.6 Å². The predicted octanol–water partition coefficient (Wildman–Crippen LogP) is 2.01. The molecule has 3 rings (SSSR count). The van der Waals surface area contributed by atoms with Gasteiger partial charge in [-0.05, 0) is 31.2 Å². The number of nitrogens with two attached hydrogens (primary N) is 1. The van der Waals surface area contributed by atoms with Gasteiger partial charge in [0.25, 0.3) is 0 Å². The summed E-state index contributed by atoms with van der Waals surface area (Å²) in [4.78, 5) is 8.95. The van der Waals surface area contributed by atoms with E-state index in [0.29, 0.717) is 12.5 Å². The second-order valence-electron chi connectivity index (χ2n) is 5.65. The fourth-order valence-corrected chi connectivity index (χ4v) is 2.77. The molecule has 1 aliphatic heterocycles. The first-order valence-corrected chi connectivity index (χ1v) is 8.05. The molecule has 2 aromatic rings. The highest BCUT2D eigenvalue weighted by Gasteiger charge is 2.18. The van der Waals surface area contributed by atoms with Gasteiger partial charge in [-0.1, -0.05) is 11.6 Å². The topological polar surface area (TPSA) is 73.5 Å². The molecule has 1 saturated heterocycles. The zero-order valence-electron chi connectivity index (χ0n) is 13.2. The van der Waals surface area contributed by atoms with Crippen molar-refractivity contribution in [1.29, 1.82) is 0 Å². The lowest BCUT2D eigenvalue weighted by molar-refractivity contribution is 0.380. The molecule has 122 valence electrons. The van der Waals surface area contributed by atoms with E-state index >= 15 is 0 Å². The third-order valence-electron chi connectivity index (χ3n) is 4.14. The summed E-state index contributed by atoms with van der Waals surface area (Å²) in [6.45, 7) is 6.11. The predicted molar refractivity (Wildman–Crippen MR) is 93.9 cm³/mol. The summed E-state index contributed by atoms with van der Waals surface area (Å²) < 4.78 is 0. The number of aromatic amines is 1. The number of halogens is 1. The maximum absolute atomic E-state index is 6.13. The number of hydrogen-bond donors (Lipinski definition) is 2. The highest BCUT2D eigenvalue weighted by Crippen LogP contribution is 2.19. The van der Waals surface area contributed by atoms with Crippen molar-refractivity contribution in [2.75, 3.05) is 31.1 Å². The summed E-state index contributed by atoms with van der Waals surface area (Å²) in [5, 5.41) is 7.67. The number of hydrogen-bond acceptors (Lipinski definition) is 3. The van der Waals surface area contributed by atoms with E-state index in [9.17, 15) is 0 Å². The fourth-order valence-electron chi connectivity index (χ4n) is 2.65. The number of benzene rings is 1. The van der Waals surface area contributed by atoms with Gasteiger partial charge >= 0.3 is 0 Å². The Morgan fingerprint density at radius 2 is 1.96 bits per heavy atom. The van der Waals surface area contributed by atoms with E-state index in [4.69, 9.17) is 17.3 Å². The van der Waals surface area contributed by atoms with Crippen molar-refractivity contribution in [2.24, 2.45) is 10.7 Å². The molecule has 0 saturated carbocycles. The van der Waals surface area contributed by atoms with Crippen LogP contribution in [0.2, 0.25) is 5.02 Å². The molecule has 0 atom stereocenters. The van der Waals surface area contributed by atoms with Crippen LogP contribution in [-0.2, 0) is 6.54 Å². The van der Waals surface area contributed by atoms with Crippen molar-refractivity contribution in [3.05, 3.63) is 46.7 Å². The number of aryl methyl sites for hydroxylation is 1. The summed E-state index contributed by atoms with van der Waals surface area (Å²) in [5.41, 5.74) is 9.43. The highest BCUT2D eigenvalue weighted by atomic mass is 35.5. The third kappa shape index (κ3) is 3.76. The summed E-state index contributed by atoms with van der Waals surface area (Å²) in [6.07, 6.45) is 1.80. The van der Waals surface area contributed by atoms with E-state index < -0.39 is 0 Å². The lowest BCUT2D eigenvalue weighted by atomic mass is 10.2. The Morgan fingerprint density at radius 3 is 2.57 bits per heavy atom. The first-order chi connectivity index (χ1) is 11.1. The van der Waals surface area contributed by atoms with E-state index in [1.807, 2.05) is 19.1 Å². The van der Waals surface area contributed by atoms with Crippen LogP contribution < -0.4 is 10.6 Å². The highest BCUT2D eigenvalue weighted by molar-refractivity contribution is 6.30. The van der Waals surface area contributed by atoms with Gasteiger partial charge in [-0.15, -0.1) is 0 Å². The molecule has 0 amide bonds. The van der Waals surface area contributed by atoms with Crippen molar-refractivity contribution in [3.8, 4) is 0 Å². The van der Waals surface area contributed by atoms with Crippen LogP contribution in [0.1, 0.15) is 11.3 Å². The number of aromatic nitrogens is 2. The van der Waals surface area contributed by atoms with Crippen LogP contribution in [0.3, 0.4) is 0 Å². The normalized spacial score (nSPS) is 16.0. The van der Waals surface area contributed by atoms with E-state index in [0.717, 1.165) is 42.5 Å². The largest absolute Gasteiger partial charge is 0.370 e. The second-order valence-corrected chi connectivity index (χ2v) is 6.08. The Hall–Kier alpha value is -2.21. The Morgan fingerprint density at radius 1 is 1.26 bits per heavy atom. The lowest BCUT2D eigenvalue weighted by Crippen LogP contribution is -2.51. The Balaban J connectivity index is 1.55. The molecular formula is C16H21ClN6. The molecule has 7 heteroatoms. The van der Waals surface area contributed by atoms with Gasteiger partial charge in [-0.3, -0.25) is 5.10 Å². The van der Waals surface area contributed by atoms with E-state index in [-0.39, 0.29) is 0 Å². The summed E-state index contributed by atoms with van der Waals surface area (Å²) >= 11 is 5.94. The molecule has 2 heterocycles. The average molecular weight is 333 g/mol. The minimum atomic E-state index is 0.561. The Bertz CT molecular complexity index is 670. The van der Waals surface area contributed by atoms with Crippen LogP contribution in [0.15, 0.2) is 35.5 Å². The van der Waals surface area contributed by atoms with Gasteiger partial charge in [0.2, 0.25) is 0 Å². The molecule has 1 fully saturated rings. The minimum absolute atomic E-state index is 0.561. The molecular weight excluding hydrogens is 312 g/mol. The van der Waals surface area contributed by atoms with Crippen LogP contribution in [0.4, 0.5) is 5.69 Å². The first-order valence-electron chi connectivity index (χ1n) is 7.68. The minimum Gasteiger partial charge on any atom is -0.370 e. The number of piperazine rings is 1. The Labute approximate surface area is 140 Å². The number of nitrogens with one attached hydrogen (secondary N) is 1. The molecule has 23 heavy (non-hydrogen) atoms. The molecule has 0 bridgehead atoms. The molecule has 6 nitrogen and oxygen atoms in total. The zero-order valence-corrected chi connectivity index (χ0v) is 13.9. The van der Waals surface area contributed by atoms with Gasteiger partial charge in [0.05, 0.1) is 12.7 Å². The van der Waals surface area contributed by atoms with Gasteiger partial charge in [0.1, 0.15) is 0 Å². The zero-order chi connectivity index (χ0) is 16.2. The summed E-state index contributed by atoms with van der Waals surface area (Å²) in [5.74, 6) is 0.598. The summed E-state index contributed by atoms with van der Waals surface area (Å²) in [7, 11) is 0. The number of anilines is 1. The maximum atomic E-state index is 6.13. The second kappa shape index (κ2) is 6.91. The summed E-state index contributed by atoms with van der Waals surface area (Å²) in [6, 6.07) is 7.95. The maximum Gasteiger partial charge on any atom is 0.191 e. The van der Waals surface area contributed by atoms with Gasteiger partial charge in [0.15, 0.2) is 5.96 Å². The van der Waals surface area contributed by atoms with Crippen LogP contribution in [-0.4, -0.2) is 47.2 Å². The molecule has 1 aromatic carbocycles. The monoisotopic (exact) mass is 332 g/mol. The van der Waals surface area contributed by atoms with E-state index in [1.165, 1.54) is 5.69 Å². The van der Waals surface area contributed by atoms with Crippen LogP contribution in [0, 0.1) is 6.92 Å². The average Bonchev–Trinajstić information content (AvgIpc) is 2.99. The van der Waals surface area contributed by atoms with Crippen molar-refractivity contribution < 1.29 is 0 Å². The van der Waals surface area contributed by atoms with E-state index in [2.05, 4.69) is 37.1 Å². The SMILES string of the molecule is Cc1[nH]ncc1CN=C(N)N1CCN(c2ccc(Cl)cc2)CC1. The van der Waals surface area contributed by atoms with Crippen molar-refractivity contribution in [3.63, 3.8) is 0 Å². The first kappa shape index (κ1) is 15.7. The quantitative estimate of drug-likeness (QED) is 0.666. The molecule has 0 unspecified atom stereocenters. The van der Waals surface area contributed by atoms with Gasteiger partial charge < -0.3 is 15.5 Å². The number of H-pyrrole nitrogens is 1. The van der Waals surface area contributed by atoms with E-state index in [1.54, 1.807) is 6.20 Å². The smallest absolute Gasteiger partial charge is 0.191 e. The number of guanidine groups is 1. The van der Waals surface area contributed by atoms with Gasteiger partial charge in [-0.2, -0.15) is 5.10 Å². The molecule has 3 N–H and O–H groups in total. The van der Waals surface area contributed by atoms with Gasteiger partial charge in [0, 0.05) is 48.1 Å². The van der Waals surface area contributed by atoms with Crippen LogP contribution in [0.5, 0.6) is 0 Å². The fraction of sp³-hybridized carbons (Fsp3) is 0.375.